The van der Waals surface area contributed by atoms with Gasteiger partial charge < -0.3 is 5.11 Å². The Morgan fingerprint density at radius 3 is 2.64 bits per heavy atom. The Balaban J connectivity index is 2.77. The topological polar surface area (TPSA) is 37.3 Å². The molecule has 0 amide bonds. The monoisotopic (exact) mass is 298 g/mol. The Bertz CT molecular complexity index is 465. The molecule has 0 saturated carbocycles. The van der Waals surface area contributed by atoms with Crippen LogP contribution in [0.15, 0.2) is 36.4 Å². The summed E-state index contributed by atoms with van der Waals surface area (Å²) in [6, 6.07) is 11.3. The number of carbonyl (C=O) groups is 1. The van der Waals surface area contributed by atoms with E-state index in [-0.39, 0.29) is 0 Å². The van der Waals surface area contributed by atoms with Crippen molar-refractivity contribution in [1.82, 2.24) is 0 Å². The lowest BCUT2D eigenvalue weighted by molar-refractivity contribution is 0.0697. The summed E-state index contributed by atoms with van der Waals surface area (Å²) in [4.78, 5) is 11.0. The summed E-state index contributed by atoms with van der Waals surface area (Å²) in [5, 5.41) is 9.03. The van der Waals surface area contributed by atoms with E-state index in [0.29, 0.717) is 5.56 Å². The maximum atomic E-state index is 11.0. The first kappa shape index (κ1) is 9.45. The van der Waals surface area contributed by atoms with Crippen LogP contribution in [-0.4, -0.2) is 11.1 Å². The second kappa shape index (κ2) is 3.57. The zero-order chi connectivity index (χ0) is 10.1. The van der Waals surface area contributed by atoms with Crippen LogP contribution in [0, 0.1) is 3.57 Å². The number of carboxylic acid groups (broad SMARTS) is 1. The Kier molecular flexibility index (Phi) is 2.41. The van der Waals surface area contributed by atoms with Gasteiger partial charge in [0, 0.05) is 3.57 Å². The minimum Gasteiger partial charge on any atom is -0.478 e. The molecule has 2 rings (SSSR count). The maximum Gasteiger partial charge on any atom is 0.337 e. The van der Waals surface area contributed by atoms with Gasteiger partial charge in [0.25, 0.3) is 0 Å². The van der Waals surface area contributed by atoms with E-state index >= 15 is 0 Å². The molecule has 0 spiro atoms. The van der Waals surface area contributed by atoms with Gasteiger partial charge in [0.2, 0.25) is 0 Å². The Morgan fingerprint density at radius 1 is 1.21 bits per heavy atom. The summed E-state index contributed by atoms with van der Waals surface area (Å²) in [7, 11) is 0. The molecule has 0 aromatic heterocycles. The summed E-state index contributed by atoms with van der Waals surface area (Å²) >= 11 is 2.05. The van der Waals surface area contributed by atoms with Gasteiger partial charge in [0.1, 0.15) is 0 Å². The lowest BCUT2D eigenvalue weighted by Crippen LogP contribution is -1.97. The second-order valence-electron chi connectivity index (χ2n) is 2.95. The molecule has 1 N–H and O–H groups in total. The third-order valence-corrected chi connectivity index (χ3v) is 2.93. The molecule has 2 nitrogen and oxygen atoms in total. The highest BCUT2D eigenvalue weighted by Gasteiger charge is 2.18. The molecule has 2 aliphatic rings. The number of rotatable bonds is 1. The zero-order valence-corrected chi connectivity index (χ0v) is 9.36. The molecule has 70 valence electrons. The fourth-order valence-corrected chi connectivity index (χ4v) is 2.33. The Labute approximate surface area is 95.1 Å². The minimum absolute atomic E-state index is 0.400. The SMILES string of the molecule is O=C(O)c1c(I)cc2cccccc1-2. The van der Waals surface area contributed by atoms with Gasteiger partial charge in [-0.1, -0.05) is 30.3 Å². The van der Waals surface area contributed by atoms with Crippen LogP contribution in [0.5, 0.6) is 0 Å². The first-order chi connectivity index (χ1) is 6.70. The third kappa shape index (κ3) is 1.48. The predicted molar refractivity (Wildman–Crippen MR) is 62.7 cm³/mol. The summed E-state index contributed by atoms with van der Waals surface area (Å²) in [6.07, 6.45) is 0. The van der Waals surface area contributed by atoms with Gasteiger partial charge in [-0.15, -0.1) is 0 Å². The fourth-order valence-electron chi connectivity index (χ4n) is 1.47. The molecule has 14 heavy (non-hydrogen) atoms. The molecule has 0 fully saturated rings. The first-order valence-electron chi connectivity index (χ1n) is 4.10. The van der Waals surface area contributed by atoms with Crippen molar-refractivity contribution in [2.75, 3.05) is 0 Å². The summed E-state index contributed by atoms with van der Waals surface area (Å²) < 4.78 is 0.788. The van der Waals surface area contributed by atoms with E-state index in [4.69, 9.17) is 5.11 Å². The van der Waals surface area contributed by atoms with Crippen molar-refractivity contribution in [3.63, 3.8) is 0 Å². The zero-order valence-electron chi connectivity index (χ0n) is 7.20. The molecular weight excluding hydrogens is 291 g/mol. The molecule has 0 radical (unpaired) electrons. The number of hydrogen-bond donors (Lipinski definition) is 1. The van der Waals surface area contributed by atoms with Crippen molar-refractivity contribution in [1.29, 1.82) is 0 Å². The molecule has 0 aliphatic heterocycles. The Hall–Kier alpha value is -1.10. The molecule has 3 heteroatoms. The van der Waals surface area contributed by atoms with Crippen molar-refractivity contribution in [2.45, 2.75) is 0 Å². The van der Waals surface area contributed by atoms with Gasteiger partial charge in [0.15, 0.2) is 0 Å². The molecule has 0 bridgehead atoms. The van der Waals surface area contributed by atoms with E-state index < -0.39 is 5.97 Å². The number of carboxylic acids is 1. The van der Waals surface area contributed by atoms with Gasteiger partial charge in [0.05, 0.1) is 5.56 Å². The maximum absolute atomic E-state index is 11.0. The van der Waals surface area contributed by atoms with Crippen LogP contribution in [0.1, 0.15) is 10.4 Å². The van der Waals surface area contributed by atoms with Gasteiger partial charge in [-0.2, -0.15) is 0 Å². The van der Waals surface area contributed by atoms with Crippen LogP contribution in [0.25, 0.3) is 11.1 Å². The number of fused-ring (bicyclic) bond motifs is 1. The van der Waals surface area contributed by atoms with E-state index in [1.165, 1.54) is 0 Å². The van der Waals surface area contributed by atoms with E-state index in [1.54, 1.807) is 0 Å². The molecule has 0 atom stereocenters. The third-order valence-electron chi connectivity index (χ3n) is 2.08. The van der Waals surface area contributed by atoms with Crippen molar-refractivity contribution < 1.29 is 9.90 Å². The number of halogens is 1. The lowest BCUT2D eigenvalue weighted by Gasteiger charge is -1.94. The van der Waals surface area contributed by atoms with Crippen molar-refractivity contribution in [3.8, 4) is 11.1 Å². The summed E-state index contributed by atoms with van der Waals surface area (Å²) in [5.41, 5.74) is 2.17. The van der Waals surface area contributed by atoms with Gasteiger partial charge >= 0.3 is 5.97 Å². The number of aromatic carboxylic acids is 1. The van der Waals surface area contributed by atoms with E-state index in [9.17, 15) is 4.79 Å². The molecule has 2 aliphatic carbocycles. The standard InChI is InChI=1S/C11H7IO2/c12-9-6-7-4-2-1-3-5-8(7)10(9)11(13)14/h1-6H,(H,13,14). The average Bonchev–Trinajstić information content (AvgIpc) is 2.31. The second-order valence-corrected chi connectivity index (χ2v) is 4.11. The normalized spacial score (nSPS) is 10.4. The highest BCUT2D eigenvalue weighted by atomic mass is 127. The Morgan fingerprint density at radius 2 is 1.93 bits per heavy atom. The van der Waals surface area contributed by atoms with E-state index in [0.717, 1.165) is 14.7 Å². The van der Waals surface area contributed by atoms with Crippen LogP contribution in [0.2, 0.25) is 0 Å². The van der Waals surface area contributed by atoms with Crippen LogP contribution >= 0.6 is 22.6 Å². The van der Waals surface area contributed by atoms with Crippen molar-refractivity contribution >= 4 is 28.6 Å². The highest BCUT2D eigenvalue weighted by molar-refractivity contribution is 14.1. The predicted octanol–water partition coefficient (Wildman–Crippen LogP) is 3.09. The molecular formula is C11H7IO2. The van der Waals surface area contributed by atoms with E-state index in [1.807, 2.05) is 36.4 Å². The number of hydrogen-bond acceptors (Lipinski definition) is 1. The fraction of sp³-hybridized carbons (Fsp3) is 0. The molecule has 0 saturated heterocycles. The van der Waals surface area contributed by atoms with Gasteiger partial charge in [-0.25, -0.2) is 4.79 Å². The van der Waals surface area contributed by atoms with Crippen LogP contribution < -0.4 is 0 Å². The van der Waals surface area contributed by atoms with Crippen LogP contribution in [0.3, 0.4) is 0 Å². The largest absolute Gasteiger partial charge is 0.478 e. The quantitative estimate of drug-likeness (QED) is 0.821. The molecule has 0 aromatic carbocycles. The van der Waals surface area contributed by atoms with E-state index in [2.05, 4.69) is 22.6 Å². The minimum atomic E-state index is -0.865. The van der Waals surface area contributed by atoms with Gasteiger partial charge in [-0.3, -0.25) is 0 Å². The van der Waals surface area contributed by atoms with Crippen LogP contribution in [0.4, 0.5) is 0 Å². The summed E-state index contributed by atoms with van der Waals surface area (Å²) in [6.45, 7) is 0. The molecule has 0 unspecified atom stereocenters. The van der Waals surface area contributed by atoms with Crippen molar-refractivity contribution in [2.24, 2.45) is 0 Å². The average molecular weight is 298 g/mol. The summed E-state index contributed by atoms with van der Waals surface area (Å²) in [5.74, 6) is -0.865. The van der Waals surface area contributed by atoms with Crippen LogP contribution in [-0.2, 0) is 0 Å². The van der Waals surface area contributed by atoms with Gasteiger partial charge in [-0.05, 0) is 39.8 Å². The molecule has 0 aromatic rings. The highest BCUT2D eigenvalue weighted by Crippen LogP contribution is 2.31. The smallest absolute Gasteiger partial charge is 0.337 e. The van der Waals surface area contributed by atoms with Crippen molar-refractivity contribution in [3.05, 3.63) is 45.5 Å². The first-order valence-corrected chi connectivity index (χ1v) is 5.18. The lowest BCUT2D eigenvalue weighted by atomic mass is 10.1. The molecule has 0 heterocycles.